The summed E-state index contributed by atoms with van der Waals surface area (Å²) in [5, 5.41) is 6.44. The summed E-state index contributed by atoms with van der Waals surface area (Å²) in [4.78, 5) is 4.57. The molecule has 0 rings (SSSR count). The third-order valence-electron chi connectivity index (χ3n) is 3.39. The molecule has 0 bridgehead atoms. The lowest BCUT2D eigenvalue weighted by atomic mass is 9.90. The summed E-state index contributed by atoms with van der Waals surface area (Å²) in [6.45, 7) is 12.0. The Hall–Kier alpha value is -0.0900. The number of nitrogens with zero attached hydrogens (tertiary/aromatic N) is 1. The van der Waals surface area contributed by atoms with Gasteiger partial charge in [-0.15, -0.1) is 24.0 Å². The molecule has 0 aromatic heterocycles. The van der Waals surface area contributed by atoms with Crippen LogP contribution in [-0.4, -0.2) is 58.7 Å². The molecule has 140 valence electrons. The molecule has 0 aliphatic rings. The first-order valence-corrected chi connectivity index (χ1v) is 9.72. The highest BCUT2D eigenvalue weighted by Gasteiger charge is 2.21. The molecule has 0 aromatic carbocycles. The second kappa shape index (κ2) is 10.7. The Bertz CT molecular complexity index is 463. The SMILES string of the molecule is CCNC(=NCC(C)(C)CCS(C)(=O)=O)NCC(C)(C)OC.I. The summed E-state index contributed by atoms with van der Waals surface area (Å²) < 4.78 is 28.0. The highest BCUT2D eigenvalue weighted by Crippen LogP contribution is 2.21. The highest BCUT2D eigenvalue weighted by atomic mass is 127. The number of ether oxygens (including phenoxy) is 1. The fourth-order valence-corrected chi connectivity index (χ4v) is 2.47. The van der Waals surface area contributed by atoms with E-state index in [9.17, 15) is 8.42 Å². The normalized spacial score (nSPS) is 13.4. The van der Waals surface area contributed by atoms with Crippen LogP contribution in [0.15, 0.2) is 4.99 Å². The number of sulfone groups is 1. The van der Waals surface area contributed by atoms with E-state index in [-0.39, 0.29) is 40.7 Å². The van der Waals surface area contributed by atoms with Gasteiger partial charge in [-0.2, -0.15) is 0 Å². The van der Waals surface area contributed by atoms with Crippen molar-refractivity contribution in [1.82, 2.24) is 10.6 Å². The van der Waals surface area contributed by atoms with Gasteiger partial charge in [0.05, 0.1) is 11.4 Å². The third-order valence-corrected chi connectivity index (χ3v) is 4.34. The first kappa shape index (κ1) is 25.2. The molecule has 0 atom stereocenters. The van der Waals surface area contributed by atoms with Gasteiger partial charge in [0.25, 0.3) is 0 Å². The van der Waals surface area contributed by atoms with E-state index in [4.69, 9.17) is 4.74 Å². The van der Waals surface area contributed by atoms with Crippen LogP contribution in [0.3, 0.4) is 0 Å². The minimum absolute atomic E-state index is 0. The number of methoxy groups -OCH3 is 1. The molecule has 0 heterocycles. The van der Waals surface area contributed by atoms with Crippen molar-refractivity contribution in [3.05, 3.63) is 0 Å². The van der Waals surface area contributed by atoms with E-state index < -0.39 is 9.84 Å². The van der Waals surface area contributed by atoms with Crippen molar-refractivity contribution >= 4 is 39.8 Å². The zero-order chi connectivity index (χ0) is 17.4. The number of hydrogen-bond donors (Lipinski definition) is 2. The van der Waals surface area contributed by atoms with Crippen molar-refractivity contribution in [3.8, 4) is 0 Å². The largest absolute Gasteiger partial charge is 0.377 e. The molecule has 6 nitrogen and oxygen atoms in total. The van der Waals surface area contributed by atoms with Gasteiger partial charge in [0.2, 0.25) is 0 Å². The van der Waals surface area contributed by atoms with Gasteiger partial charge < -0.3 is 15.4 Å². The molecule has 0 radical (unpaired) electrons. The maximum absolute atomic E-state index is 11.3. The van der Waals surface area contributed by atoms with Crippen molar-refractivity contribution in [2.75, 3.05) is 38.8 Å². The van der Waals surface area contributed by atoms with E-state index in [0.29, 0.717) is 19.5 Å². The van der Waals surface area contributed by atoms with Gasteiger partial charge >= 0.3 is 0 Å². The van der Waals surface area contributed by atoms with E-state index in [2.05, 4.69) is 15.6 Å². The summed E-state index contributed by atoms with van der Waals surface area (Å²) in [7, 11) is -1.25. The van der Waals surface area contributed by atoms with Gasteiger partial charge in [0.15, 0.2) is 5.96 Å². The van der Waals surface area contributed by atoms with Gasteiger partial charge in [0, 0.05) is 33.0 Å². The monoisotopic (exact) mass is 463 g/mol. The highest BCUT2D eigenvalue weighted by molar-refractivity contribution is 14.0. The molecule has 0 saturated carbocycles. The zero-order valence-electron chi connectivity index (χ0n) is 15.5. The predicted molar refractivity (Wildman–Crippen MR) is 109 cm³/mol. The number of aliphatic imine (C=N–C) groups is 1. The summed E-state index contributed by atoms with van der Waals surface area (Å²) in [6, 6.07) is 0. The third kappa shape index (κ3) is 14.0. The Kier molecular flexibility index (Phi) is 11.7. The average molecular weight is 463 g/mol. The first-order chi connectivity index (χ1) is 9.91. The van der Waals surface area contributed by atoms with Gasteiger partial charge in [-0.25, -0.2) is 8.42 Å². The number of rotatable bonds is 9. The molecule has 0 aromatic rings. The Morgan fingerprint density at radius 1 is 1.17 bits per heavy atom. The maximum atomic E-state index is 11.3. The van der Waals surface area contributed by atoms with Crippen LogP contribution in [-0.2, 0) is 14.6 Å². The molecule has 2 N–H and O–H groups in total. The molecule has 0 saturated heterocycles. The Morgan fingerprint density at radius 2 is 1.74 bits per heavy atom. The quantitative estimate of drug-likeness (QED) is 0.311. The van der Waals surface area contributed by atoms with Crippen molar-refractivity contribution in [1.29, 1.82) is 0 Å². The van der Waals surface area contributed by atoms with Crippen LogP contribution >= 0.6 is 24.0 Å². The van der Waals surface area contributed by atoms with Crippen LogP contribution in [0.4, 0.5) is 0 Å². The van der Waals surface area contributed by atoms with Crippen molar-refractivity contribution in [2.24, 2.45) is 10.4 Å². The van der Waals surface area contributed by atoms with Gasteiger partial charge in [-0.05, 0) is 32.6 Å². The maximum Gasteiger partial charge on any atom is 0.191 e. The minimum Gasteiger partial charge on any atom is -0.377 e. The number of hydrogen-bond acceptors (Lipinski definition) is 4. The second-order valence-corrected chi connectivity index (χ2v) is 9.32. The fourth-order valence-electron chi connectivity index (χ4n) is 1.54. The molecule has 23 heavy (non-hydrogen) atoms. The molecule has 0 unspecified atom stereocenters. The van der Waals surface area contributed by atoms with Crippen molar-refractivity contribution in [3.63, 3.8) is 0 Å². The minimum atomic E-state index is -2.94. The van der Waals surface area contributed by atoms with E-state index in [1.807, 2.05) is 34.6 Å². The van der Waals surface area contributed by atoms with E-state index in [0.717, 1.165) is 12.5 Å². The fraction of sp³-hybridized carbons (Fsp3) is 0.933. The van der Waals surface area contributed by atoms with Gasteiger partial charge in [-0.3, -0.25) is 4.99 Å². The predicted octanol–water partition coefficient (Wildman–Crippen LogP) is 2.05. The number of halogens is 1. The topological polar surface area (TPSA) is 79.8 Å². The molecule has 0 aliphatic heterocycles. The molecule has 0 fully saturated rings. The summed E-state index contributed by atoms with van der Waals surface area (Å²) >= 11 is 0. The van der Waals surface area contributed by atoms with E-state index in [1.54, 1.807) is 7.11 Å². The van der Waals surface area contributed by atoms with Crippen LogP contribution in [0.2, 0.25) is 0 Å². The van der Waals surface area contributed by atoms with Crippen molar-refractivity contribution in [2.45, 2.75) is 46.6 Å². The van der Waals surface area contributed by atoms with E-state index >= 15 is 0 Å². The average Bonchev–Trinajstić information content (AvgIpc) is 2.39. The standard InChI is InChI=1S/C15H33N3O3S.HI/c1-8-16-13(18-12-15(4,5)21-6)17-11-14(2,3)9-10-22(7,19)20;/h8-12H2,1-7H3,(H2,16,17,18);1H. The Balaban J connectivity index is 0. The number of nitrogens with one attached hydrogen (secondary N) is 2. The Morgan fingerprint density at radius 3 is 2.17 bits per heavy atom. The number of guanidine groups is 1. The zero-order valence-corrected chi connectivity index (χ0v) is 18.7. The lowest BCUT2D eigenvalue weighted by molar-refractivity contribution is 0.0268. The van der Waals surface area contributed by atoms with Crippen LogP contribution in [0.25, 0.3) is 0 Å². The summed E-state index contributed by atoms with van der Waals surface area (Å²) in [5.74, 6) is 0.913. The van der Waals surface area contributed by atoms with Crippen molar-refractivity contribution < 1.29 is 13.2 Å². The lowest BCUT2D eigenvalue weighted by Crippen LogP contribution is -2.45. The smallest absolute Gasteiger partial charge is 0.191 e. The lowest BCUT2D eigenvalue weighted by Gasteiger charge is -2.26. The molecular formula is C15H34IN3O3S. The van der Waals surface area contributed by atoms with Gasteiger partial charge in [-0.1, -0.05) is 13.8 Å². The Labute approximate surface area is 159 Å². The summed E-state index contributed by atoms with van der Waals surface area (Å²) in [5.41, 5.74) is -0.440. The van der Waals surface area contributed by atoms with Crippen LogP contribution in [0, 0.1) is 5.41 Å². The van der Waals surface area contributed by atoms with Crippen LogP contribution in [0.5, 0.6) is 0 Å². The first-order valence-electron chi connectivity index (χ1n) is 7.66. The van der Waals surface area contributed by atoms with Gasteiger partial charge in [0.1, 0.15) is 9.84 Å². The summed E-state index contributed by atoms with van der Waals surface area (Å²) in [6.07, 6.45) is 1.86. The van der Waals surface area contributed by atoms with Crippen LogP contribution in [0.1, 0.15) is 41.0 Å². The molecule has 0 spiro atoms. The van der Waals surface area contributed by atoms with E-state index in [1.165, 1.54) is 6.26 Å². The molecule has 0 amide bonds. The molecule has 0 aliphatic carbocycles. The molecule has 8 heteroatoms. The van der Waals surface area contributed by atoms with Crippen LogP contribution < -0.4 is 10.6 Å². The molecular weight excluding hydrogens is 429 g/mol. The second-order valence-electron chi connectivity index (χ2n) is 7.06.